The second-order valence-corrected chi connectivity index (χ2v) is 6.53. The zero-order valence-corrected chi connectivity index (χ0v) is 16.2. The number of aryl methyl sites for hydroxylation is 1. The molecule has 0 saturated heterocycles. The smallest absolute Gasteiger partial charge is 0.306 e. The van der Waals surface area contributed by atoms with Gasteiger partial charge in [-0.15, -0.1) is 0 Å². The van der Waals surface area contributed by atoms with Crippen LogP contribution < -0.4 is 11.6 Å². The first kappa shape index (κ1) is 22.0. The number of nitrogens with two attached hydrogens (primary N) is 2. The maximum Gasteiger partial charge on any atom is 0.306 e. The summed E-state index contributed by atoms with van der Waals surface area (Å²) in [4.78, 5) is 12.0. The van der Waals surface area contributed by atoms with Gasteiger partial charge in [0.05, 0.1) is 19.6 Å². The van der Waals surface area contributed by atoms with E-state index in [4.69, 9.17) is 16.3 Å². The van der Waals surface area contributed by atoms with Crippen LogP contribution in [-0.4, -0.2) is 29.2 Å². The SMILES string of the molecule is CCCN(N)/C=C(\N)CCC(CC(=O)OCC)c1ccc(C)c(CO)c1. The lowest BCUT2D eigenvalue weighted by molar-refractivity contribution is -0.143. The van der Waals surface area contributed by atoms with Gasteiger partial charge in [-0.3, -0.25) is 4.79 Å². The Hall–Kier alpha value is -2.05. The highest BCUT2D eigenvalue weighted by Gasteiger charge is 2.18. The minimum Gasteiger partial charge on any atom is -0.466 e. The molecular formula is C20H33N3O3. The van der Waals surface area contributed by atoms with Gasteiger partial charge in [0, 0.05) is 18.4 Å². The van der Waals surface area contributed by atoms with E-state index in [2.05, 4.69) is 6.92 Å². The number of carbonyl (C=O) groups excluding carboxylic acids is 1. The number of rotatable bonds is 11. The Morgan fingerprint density at radius 2 is 2.12 bits per heavy atom. The standard InChI is InChI=1S/C20H33N3O3/c1-4-10-23(22)13-19(21)9-8-17(12-20(25)26-5-2)16-7-6-15(3)18(11-16)14-24/h6-7,11,13,17,24H,4-5,8-10,12,14,21-22H2,1-3H3/b19-13-. The Bertz CT molecular complexity index is 602. The molecule has 0 radical (unpaired) electrons. The van der Waals surface area contributed by atoms with Crippen molar-refractivity contribution >= 4 is 5.97 Å². The van der Waals surface area contributed by atoms with Gasteiger partial charge in [0.25, 0.3) is 0 Å². The molecule has 0 bridgehead atoms. The molecule has 6 nitrogen and oxygen atoms in total. The van der Waals surface area contributed by atoms with Gasteiger partial charge in [-0.1, -0.05) is 25.1 Å². The van der Waals surface area contributed by atoms with Gasteiger partial charge in [0.2, 0.25) is 0 Å². The summed E-state index contributed by atoms with van der Waals surface area (Å²) in [6.45, 7) is 6.89. The van der Waals surface area contributed by atoms with E-state index >= 15 is 0 Å². The Kier molecular flexibility index (Phi) is 9.76. The van der Waals surface area contributed by atoms with E-state index in [9.17, 15) is 9.90 Å². The van der Waals surface area contributed by atoms with Crippen molar-refractivity contribution in [3.05, 3.63) is 46.8 Å². The predicted octanol–water partition coefficient (Wildman–Crippen LogP) is 2.69. The summed E-state index contributed by atoms with van der Waals surface area (Å²) in [5, 5.41) is 11.1. The zero-order valence-electron chi connectivity index (χ0n) is 16.2. The molecule has 0 aliphatic carbocycles. The summed E-state index contributed by atoms with van der Waals surface area (Å²) in [6.07, 6.45) is 4.31. The van der Waals surface area contributed by atoms with Crippen LogP contribution in [0, 0.1) is 6.92 Å². The molecular weight excluding hydrogens is 330 g/mol. The highest BCUT2D eigenvalue weighted by atomic mass is 16.5. The van der Waals surface area contributed by atoms with Crippen LogP contribution in [0.1, 0.15) is 62.1 Å². The van der Waals surface area contributed by atoms with Crippen molar-refractivity contribution in [2.24, 2.45) is 11.6 Å². The van der Waals surface area contributed by atoms with E-state index in [-0.39, 0.29) is 24.9 Å². The number of benzene rings is 1. The molecule has 0 aliphatic rings. The lowest BCUT2D eigenvalue weighted by atomic mass is 9.88. The third kappa shape index (κ3) is 7.45. The molecule has 1 aromatic carbocycles. The molecule has 0 aliphatic heterocycles. The summed E-state index contributed by atoms with van der Waals surface area (Å²) >= 11 is 0. The maximum atomic E-state index is 12.0. The van der Waals surface area contributed by atoms with Crippen LogP contribution in [-0.2, 0) is 16.1 Å². The van der Waals surface area contributed by atoms with Crippen LogP contribution in [0.5, 0.6) is 0 Å². The third-order valence-electron chi connectivity index (χ3n) is 4.33. The maximum absolute atomic E-state index is 12.0. The van der Waals surface area contributed by atoms with Crippen molar-refractivity contribution in [1.29, 1.82) is 0 Å². The molecule has 1 unspecified atom stereocenters. The zero-order chi connectivity index (χ0) is 19.5. The topological polar surface area (TPSA) is 102 Å². The molecule has 5 N–H and O–H groups in total. The Morgan fingerprint density at radius 1 is 1.38 bits per heavy atom. The number of hydrogen-bond donors (Lipinski definition) is 3. The van der Waals surface area contributed by atoms with Crippen molar-refractivity contribution in [1.82, 2.24) is 5.01 Å². The summed E-state index contributed by atoms with van der Waals surface area (Å²) in [5.41, 5.74) is 9.68. The predicted molar refractivity (Wildman–Crippen MR) is 104 cm³/mol. The molecule has 1 aromatic rings. The minimum atomic E-state index is -0.224. The van der Waals surface area contributed by atoms with Crippen LogP contribution in [0.15, 0.2) is 30.1 Å². The minimum absolute atomic E-state index is 0.0208. The average Bonchev–Trinajstić information content (AvgIpc) is 2.59. The van der Waals surface area contributed by atoms with E-state index in [1.54, 1.807) is 18.1 Å². The Morgan fingerprint density at radius 3 is 2.73 bits per heavy atom. The molecule has 0 spiro atoms. The molecule has 0 aromatic heterocycles. The summed E-state index contributed by atoms with van der Waals surface area (Å²) in [7, 11) is 0. The second kappa shape index (κ2) is 11.5. The van der Waals surface area contributed by atoms with Crippen molar-refractivity contribution in [3.63, 3.8) is 0 Å². The Balaban J connectivity index is 2.90. The number of aliphatic hydroxyl groups excluding tert-OH is 1. The number of esters is 1. The fourth-order valence-electron chi connectivity index (χ4n) is 2.86. The number of carbonyl (C=O) groups is 1. The van der Waals surface area contributed by atoms with Crippen molar-refractivity contribution in [2.45, 2.75) is 59.0 Å². The number of ether oxygens (including phenoxy) is 1. The largest absolute Gasteiger partial charge is 0.466 e. The van der Waals surface area contributed by atoms with Gasteiger partial charge in [-0.25, -0.2) is 5.84 Å². The first-order chi connectivity index (χ1) is 12.4. The lowest BCUT2D eigenvalue weighted by Crippen LogP contribution is -2.27. The average molecular weight is 364 g/mol. The number of nitrogens with zero attached hydrogens (tertiary/aromatic N) is 1. The molecule has 26 heavy (non-hydrogen) atoms. The number of allylic oxidation sites excluding steroid dienone is 1. The Labute approximate surface area is 156 Å². The molecule has 0 amide bonds. The summed E-state index contributed by atoms with van der Waals surface area (Å²) in [5.74, 6) is 5.60. The van der Waals surface area contributed by atoms with Gasteiger partial charge in [-0.2, -0.15) is 0 Å². The number of aliphatic hydroxyl groups is 1. The lowest BCUT2D eigenvalue weighted by Gasteiger charge is -2.19. The summed E-state index contributed by atoms with van der Waals surface area (Å²) < 4.78 is 5.12. The van der Waals surface area contributed by atoms with Crippen LogP contribution in [0.3, 0.4) is 0 Å². The van der Waals surface area contributed by atoms with Crippen molar-refractivity contribution in [3.8, 4) is 0 Å². The molecule has 146 valence electrons. The fraction of sp³-hybridized carbons (Fsp3) is 0.550. The highest BCUT2D eigenvalue weighted by Crippen LogP contribution is 2.28. The third-order valence-corrected chi connectivity index (χ3v) is 4.33. The molecule has 0 saturated carbocycles. The van der Waals surface area contributed by atoms with Crippen LogP contribution in [0.2, 0.25) is 0 Å². The van der Waals surface area contributed by atoms with Crippen molar-refractivity contribution < 1.29 is 14.6 Å². The van der Waals surface area contributed by atoms with E-state index in [0.717, 1.165) is 29.7 Å². The number of hydrazine groups is 1. The first-order valence-electron chi connectivity index (χ1n) is 9.24. The normalized spacial score (nSPS) is 12.7. The molecule has 0 fully saturated rings. The van der Waals surface area contributed by atoms with Gasteiger partial charge >= 0.3 is 5.97 Å². The molecule has 6 heteroatoms. The van der Waals surface area contributed by atoms with E-state index in [0.29, 0.717) is 25.1 Å². The van der Waals surface area contributed by atoms with Crippen LogP contribution in [0.25, 0.3) is 0 Å². The highest BCUT2D eigenvalue weighted by molar-refractivity contribution is 5.70. The van der Waals surface area contributed by atoms with E-state index < -0.39 is 0 Å². The van der Waals surface area contributed by atoms with E-state index in [1.165, 1.54) is 0 Å². The molecule has 0 heterocycles. The van der Waals surface area contributed by atoms with Gasteiger partial charge in [0.15, 0.2) is 0 Å². The molecule has 1 rings (SSSR count). The van der Waals surface area contributed by atoms with Gasteiger partial charge in [0.1, 0.15) is 0 Å². The quantitative estimate of drug-likeness (QED) is 0.317. The van der Waals surface area contributed by atoms with Crippen LogP contribution >= 0.6 is 0 Å². The van der Waals surface area contributed by atoms with Crippen molar-refractivity contribution in [2.75, 3.05) is 13.2 Å². The van der Waals surface area contributed by atoms with Gasteiger partial charge in [-0.05, 0) is 55.7 Å². The summed E-state index contributed by atoms with van der Waals surface area (Å²) in [6, 6.07) is 5.94. The fourth-order valence-corrected chi connectivity index (χ4v) is 2.86. The van der Waals surface area contributed by atoms with Crippen LogP contribution in [0.4, 0.5) is 0 Å². The second-order valence-electron chi connectivity index (χ2n) is 6.53. The monoisotopic (exact) mass is 363 g/mol. The number of hydrogen-bond acceptors (Lipinski definition) is 6. The first-order valence-corrected chi connectivity index (χ1v) is 9.24. The van der Waals surface area contributed by atoms with Gasteiger partial charge < -0.3 is 20.6 Å². The van der Waals surface area contributed by atoms with E-state index in [1.807, 2.05) is 25.1 Å². The molecule has 1 atom stereocenters.